The fourth-order valence-electron chi connectivity index (χ4n) is 3.12. The molecular weight excluding hydrogens is 324 g/mol. The largest absolute Gasteiger partial charge is 0.283 e. The maximum atomic E-state index is 13.1. The average molecular weight is 349 g/mol. The third-order valence-corrected chi connectivity index (χ3v) is 6.67. The average Bonchev–Trinajstić information content (AvgIpc) is 2.88. The second-order valence-corrected chi connectivity index (χ2v) is 8.48. The Morgan fingerprint density at radius 1 is 1.52 bits per heavy atom. The number of rotatable bonds is 6. The summed E-state index contributed by atoms with van der Waals surface area (Å²) in [4.78, 5) is 20.2. The Labute approximate surface area is 145 Å². The molecule has 3 rings (SSSR count). The normalized spacial score (nSPS) is 17.4. The van der Waals surface area contributed by atoms with Gasteiger partial charge in [0.1, 0.15) is 4.83 Å². The smallest absolute Gasteiger partial charge is 0.263 e. The topological polar surface area (TPSA) is 34.9 Å². The number of hydrogen-bond acceptors (Lipinski definition) is 4. The van der Waals surface area contributed by atoms with Gasteiger partial charge in [0, 0.05) is 17.2 Å². The summed E-state index contributed by atoms with van der Waals surface area (Å²) >= 11 is 3.43. The summed E-state index contributed by atoms with van der Waals surface area (Å²) in [5, 5.41) is 1.72. The molecule has 0 amide bonds. The molecule has 0 aliphatic heterocycles. The van der Waals surface area contributed by atoms with Crippen LogP contribution in [0.15, 0.2) is 22.6 Å². The molecule has 1 atom stereocenters. The van der Waals surface area contributed by atoms with Gasteiger partial charge in [-0.15, -0.1) is 17.9 Å². The van der Waals surface area contributed by atoms with E-state index < -0.39 is 0 Å². The van der Waals surface area contributed by atoms with Gasteiger partial charge in [-0.25, -0.2) is 4.98 Å². The van der Waals surface area contributed by atoms with Crippen LogP contribution in [0.25, 0.3) is 10.2 Å². The van der Waals surface area contributed by atoms with Crippen LogP contribution < -0.4 is 5.56 Å². The van der Waals surface area contributed by atoms with Gasteiger partial charge in [-0.2, -0.15) is 0 Å². The van der Waals surface area contributed by atoms with Crippen molar-refractivity contribution in [3.8, 4) is 0 Å². The summed E-state index contributed by atoms with van der Waals surface area (Å²) in [5.74, 6) is 1.67. The van der Waals surface area contributed by atoms with Crippen molar-refractivity contribution in [2.24, 2.45) is 5.92 Å². The SMILES string of the molecule is C=CCn1c(SCCCC)nc2sc3c(c2c1=O)C[C@@H](C)CC3. The van der Waals surface area contributed by atoms with Crippen molar-refractivity contribution >= 4 is 33.3 Å². The molecule has 0 spiro atoms. The minimum absolute atomic E-state index is 0.125. The maximum absolute atomic E-state index is 13.1. The second-order valence-electron chi connectivity index (χ2n) is 6.33. The zero-order valence-corrected chi connectivity index (χ0v) is 15.6. The highest BCUT2D eigenvalue weighted by molar-refractivity contribution is 7.99. The summed E-state index contributed by atoms with van der Waals surface area (Å²) in [7, 11) is 0. The Balaban J connectivity index is 2.12. The van der Waals surface area contributed by atoms with Crippen LogP contribution >= 0.6 is 23.1 Å². The molecule has 3 nitrogen and oxygen atoms in total. The van der Waals surface area contributed by atoms with Crippen LogP contribution in [0.5, 0.6) is 0 Å². The van der Waals surface area contributed by atoms with E-state index in [0.717, 1.165) is 46.8 Å². The molecule has 5 heteroatoms. The van der Waals surface area contributed by atoms with Crippen LogP contribution in [-0.2, 0) is 19.4 Å². The zero-order valence-electron chi connectivity index (χ0n) is 13.9. The van der Waals surface area contributed by atoms with Crippen molar-refractivity contribution in [3.05, 3.63) is 33.4 Å². The van der Waals surface area contributed by atoms with Crippen LogP contribution in [0.3, 0.4) is 0 Å². The Kier molecular flexibility index (Phi) is 5.27. The predicted molar refractivity (Wildman–Crippen MR) is 101 cm³/mol. The van der Waals surface area contributed by atoms with Crippen LogP contribution in [-0.4, -0.2) is 15.3 Å². The Hall–Kier alpha value is -1.07. The van der Waals surface area contributed by atoms with Gasteiger partial charge in [0.15, 0.2) is 5.16 Å². The van der Waals surface area contributed by atoms with Crippen molar-refractivity contribution in [1.29, 1.82) is 0 Å². The van der Waals surface area contributed by atoms with Crippen LogP contribution in [0.4, 0.5) is 0 Å². The Morgan fingerprint density at radius 3 is 3.09 bits per heavy atom. The number of thiophene rings is 1. The first-order valence-corrected chi connectivity index (χ1v) is 10.2. The van der Waals surface area contributed by atoms with Crippen molar-refractivity contribution in [2.45, 2.75) is 57.7 Å². The number of fused-ring (bicyclic) bond motifs is 3. The Bertz CT molecular complexity index is 775. The summed E-state index contributed by atoms with van der Waals surface area (Å²) in [6.45, 7) is 8.80. The van der Waals surface area contributed by atoms with E-state index in [1.54, 1.807) is 29.2 Å². The summed E-state index contributed by atoms with van der Waals surface area (Å²) in [6.07, 6.45) is 7.43. The monoisotopic (exact) mass is 348 g/mol. The number of hydrogen-bond donors (Lipinski definition) is 0. The van der Waals surface area contributed by atoms with E-state index in [0.29, 0.717) is 12.5 Å². The first-order chi connectivity index (χ1) is 11.2. The molecule has 124 valence electrons. The van der Waals surface area contributed by atoms with Gasteiger partial charge in [-0.1, -0.05) is 38.1 Å². The van der Waals surface area contributed by atoms with E-state index in [9.17, 15) is 4.79 Å². The standard InChI is InChI=1S/C18H24N2OS2/c1-4-6-10-22-18-19-16-15(17(21)20(18)9-5-2)13-11-12(3)7-8-14(13)23-16/h5,12H,2,4,6-11H2,1,3H3/t12-/m0/s1. The van der Waals surface area contributed by atoms with Gasteiger partial charge in [0.05, 0.1) is 5.39 Å². The number of unbranched alkanes of at least 4 members (excludes halogenated alkanes) is 1. The highest BCUT2D eigenvalue weighted by atomic mass is 32.2. The van der Waals surface area contributed by atoms with E-state index in [1.807, 2.05) is 4.57 Å². The van der Waals surface area contributed by atoms with E-state index >= 15 is 0 Å². The predicted octanol–water partition coefficient (Wildman–Crippen LogP) is 4.66. The molecule has 23 heavy (non-hydrogen) atoms. The highest BCUT2D eigenvalue weighted by Crippen LogP contribution is 2.36. The number of aromatic nitrogens is 2. The molecule has 2 heterocycles. The van der Waals surface area contributed by atoms with Crippen molar-refractivity contribution < 1.29 is 0 Å². The molecular formula is C18H24N2OS2. The first kappa shape index (κ1) is 16.8. The van der Waals surface area contributed by atoms with Gasteiger partial charge < -0.3 is 0 Å². The molecule has 0 saturated carbocycles. The van der Waals surface area contributed by atoms with Gasteiger partial charge in [0.25, 0.3) is 5.56 Å². The lowest BCUT2D eigenvalue weighted by atomic mass is 9.89. The number of aryl methyl sites for hydroxylation is 1. The minimum atomic E-state index is 0.125. The third kappa shape index (κ3) is 3.26. The quantitative estimate of drug-likeness (QED) is 0.329. The van der Waals surface area contributed by atoms with Gasteiger partial charge >= 0.3 is 0 Å². The summed E-state index contributed by atoms with van der Waals surface area (Å²) < 4.78 is 1.81. The Morgan fingerprint density at radius 2 is 2.35 bits per heavy atom. The lowest BCUT2D eigenvalue weighted by Gasteiger charge is -2.18. The molecule has 0 aromatic carbocycles. The highest BCUT2D eigenvalue weighted by Gasteiger charge is 2.24. The van der Waals surface area contributed by atoms with Crippen LogP contribution in [0, 0.1) is 5.92 Å². The number of allylic oxidation sites excluding steroid dienone is 1. The van der Waals surface area contributed by atoms with Gasteiger partial charge in [-0.3, -0.25) is 9.36 Å². The molecule has 2 aromatic heterocycles. The molecule has 0 fully saturated rings. The third-order valence-electron chi connectivity index (χ3n) is 4.42. The lowest BCUT2D eigenvalue weighted by Crippen LogP contribution is -2.23. The number of nitrogens with zero attached hydrogens (tertiary/aromatic N) is 2. The van der Waals surface area contributed by atoms with E-state index in [1.165, 1.54) is 16.9 Å². The van der Waals surface area contributed by atoms with E-state index in [-0.39, 0.29) is 5.56 Å². The van der Waals surface area contributed by atoms with E-state index in [2.05, 4.69) is 20.4 Å². The second kappa shape index (κ2) is 7.22. The van der Waals surface area contributed by atoms with Crippen LogP contribution in [0.2, 0.25) is 0 Å². The molecule has 0 bridgehead atoms. The van der Waals surface area contributed by atoms with E-state index in [4.69, 9.17) is 4.98 Å². The van der Waals surface area contributed by atoms with Crippen molar-refractivity contribution in [3.63, 3.8) is 0 Å². The number of thioether (sulfide) groups is 1. The molecule has 2 aromatic rings. The van der Waals surface area contributed by atoms with Gasteiger partial charge in [0.2, 0.25) is 0 Å². The molecule has 0 saturated heterocycles. The van der Waals surface area contributed by atoms with Gasteiger partial charge in [-0.05, 0) is 37.2 Å². The fraction of sp³-hybridized carbons (Fsp3) is 0.556. The molecule has 1 aliphatic rings. The fourth-order valence-corrected chi connectivity index (χ4v) is 5.47. The van der Waals surface area contributed by atoms with Crippen LogP contribution in [0.1, 0.15) is 43.6 Å². The first-order valence-electron chi connectivity index (χ1n) is 8.44. The van der Waals surface area contributed by atoms with Crippen molar-refractivity contribution in [1.82, 2.24) is 9.55 Å². The summed E-state index contributed by atoms with van der Waals surface area (Å²) in [5.41, 5.74) is 1.39. The molecule has 0 unspecified atom stereocenters. The molecule has 1 aliphatic carbocycles. The summed E-state index contributed by atoms with van der Waals surface area (Å²) in [6, 6.07) is 0. The molecule has 0 N–H and O–H groups in total. The maximum Gasteiger partial charge on any atom is 0.263 e. The van der Waals surface area contributed by atoms with Crippen molar-refractivity contribution in [2.75, 3.05) is 5.75 Å². The minimum Gasteiger partial charge on any atom is -0.283 e. The lowest BCUT2D eigenvalue weighted by molar-refractivity contribution is 0.508. The molecule has 0 radical (unpaired) electrons. The zero-order chi connectivity index (χ0) is 16.4.